The Morgan fingerprint density at radius 2 is 1.65 bits per heavy atom. The molecule has 0 spiro atoms. The molecule has 5 rings (SSSR count). The third kappa shape index (κ3) is 3.68. The Bertz CT molecular complexity index is 668. The van der Waals surface area contributed by atoms with Crippen molar-refractivity contribution in [2.45, 2.75) is 51.4 Å². The summed E-state index contributed by atoms with van der Waals surface area (Å²) in [7, 11) is 0. The molecule has 5 heteroatoms. The molecule has 2 amide bonds. The SMILES string of the molecule is O=C(CCCNC(=O)C12CC3CC(CC(C3)C1)C2)Nc1ccccc1Br. The smallest absolute Gasteiger partial charge is 0.226 e. The Morgan fingerprint density at radius 1 is 1.04 bits per heavy atom. The first-order valence-corrected chi connectivity index (χ1v) is 10.7. The zero-order valence-electron chi connectivity index (χ0n) is 15.1. The van der Waals surface area contributed by atoms with Gasteiger partial charge in [-0.1, -0.05) is 12.1 Å². The third-order valence-electron chi connectivity index (χ3n) is 6.53. The number of hydrogen-bond acceptors (Lipinski definition) is 2. The third-order valence-corrected chi connectivity index (χ3v) is 7.23. The molecule has 1 aromatic rings. The molecule has 0 atom stereocenters. The second kappa shape index (κ2) is 7.34. The van der Waals surface area contributed by atoms with Crippen LogP contribution < -0.4 is 10.6 Å². The zero-order valence-corrected chi connectivity index (χ0v) is 16.7. The van der Waals surface area contributed by atoms with Gasteiger partial charge < -0.3 is 10.6 Å². The standard InChI is InChI=1S/C21H27BrN2O2/c22-17-4-1-2-5-18(17)24-19(25)6-3-7-23-20(26)21-11-14-8-15(12-21)10-16(9-14)13-21/h1-2,4-5,14-16H,3,6-13H2,(H,23,26)(H,24,25). The minimum absolute atomic E-state index is 0.0130. The highest BCUT2D eigenvalue weighted by Gasteiger charge is 2.54. The van der Waals surface area contributed by atoms with Crippen LogP contribution in [0.2, 0.25) is 0 Å². The summed E-state index contributed by atoms with van der Waals surface area (Å²) in [6, 6.07) is 7.59. The van der Waals surface area contributed by atoms with Crippen LogP contribution in [0.1, 0.15) is 51.4 Å². The summed E-state index contributed by atoms with van der Waals surface area (Å²) in [5.41, 5.74) is 0.696. The van der Waals surface area contributed by atoms with Crippen LogP contribution in [-0.2, 0) is 9.59 Å². The maximum Gasteiger partial charge on any atom is 0.226 e. The van der Waals surface area contributed by atoms with Crippen molar-refractivity contribution < 1.29 is 9.59 Å². The number of carbonyl (C=O) groups is 2. The molecule has 0 heterocycles. The summed E-state index contributed by atoms with van der Waals surface area (Å²) in [6.07, 6.45) is 8.41. The van der Waals surface area contributed by atoms with Gasteiger partial charge in [0.25, 0.3) is 0 Å². The number of hydrogen-bond donors (Lipinski definition) is 2. The highest BCUT2D eigenvalue weighted by atomic mass is 79.9. The number of rotatable bonds is 6. The molecule has 26 heavy (non-hydrogen) atoms. The van der Waals surface area contributed by atoms with Crippen LogP contribution in [0.25, 0.3) is 0 Å². The molecule has 4 nitrogen and oxygen atoms in total. The molecular formula is C21H27BrN2O2. The van der Waals surface area contributed by atoms with Crippen LogP contribution in [0.3, 0.4) is 0 Å². The molecule has 0 radical (unpaired) electrons. The van der Waals surface area contributed by atoms with Crippen molar-refractivity contribution in [3.8, 4) is 0 Å². The Hall–Kier alpha value is -1.36. The highest BCUT2D eigenvalue weighted by molar-refractivity contribution is 9.10. The molecule has 4 aliphatic rings. The van der Waals surface area contributed by atoms with Crippen molar-refractivity contribution in [1.82, 2.24) is 5.32 Å². The minimum atomic E-state index is -0.0914. The molecule has 4 bridgehead atoms. The van der Waals surface area contributed by atoms with E-state index in [9.17, 15) is 9.59 Å². The minimum Gasteiger partial charge on any atom is -0.356 e. The Labute approximate surface area is 163 Å². The molecule has 2 N–H and O–H groups in total. The van der Waals surface area contributed by atoms with Gasteiger partial charge in [0.1, 0.15) is 0 Å². The summed E-state index contributed by atoms with van der Waals surface area (Å²) in [6.45, 7) is 0.587. The molecule has 0 unspecified atom stereocenters. The van der Waals surface area contributed by atoms with Crippen molar-refractivity contribution in [3.63, 3.8) is 0 Å². The number of carbonyl (C=O) groups excluding carboxylic acids is 2. The molecule has 0 aliphatic heterocycles. The van der Waals surface area contributed by atoms with E-state index >= 15 is 0 Å². The van der Waals surface area contributed by atoms with Crippen LogP contribution >= 0.6 is 15.9 Å². The molecule has 4 fully saturated rings. The van der Waals surface area contributed by atoms with Crippen molar-refractivity contribution in [2.75, 3.05) is 11.9 Å². The van der Waals surface area contributed by atoms with Crippen LogP contribution in [-0.4, -0.2) is 18.4 Å². The Balaban J connectivity index is 1.22. The van der Waals surface area contributed by atoms with Crippen LogP contribution in [0.4, 0.5) is 5.69 Å². The predicted octanol–water partition coefficient (Wildman–Crippen LogP) is 4.50. The first-order chi connectivity index (χ1) is 12.5. The van der Waals surface area contributed by atoms with E-state index in [2.05, 4.69) is 26.6 Å². The van der Waals surface area contributed by atoms with Gasteiger partial charge in [0.2, 0.25) is 11.8 Å². The van der Waals surface area contributed by atoms with Crippen molar-refractivity contribution in [1.29, 1.82) is 0 Å². The normalized spacial score (nSPS) is 31.7. The van der Waals surface area contributed by atoms with E-state index < -0.39 is 0 Å². The second-order valence-corrected chi connectivity index (χ2v) is 9.44. The van der Waals surface area contributed by atoms with Gasteiger partial charge in [-0.05, 0) is 90.8 Å². The van der Waals surface area contributed by atoms with E-state index in [1.54, 1.807) is 0 Å². The molecule has 0 aromatic heterocycles. The van der Waals surface area contributed by atoms with Gasteiger partial charge in [0, 0.05) is 22.9 Å². The van der Waals surface area contributed by atoms with Gasteiger partial charge in [-0.2, -0.15) is 0 Å². The van der Waals surface area contributed by atoms with E-state index in [-0.39, 0.29) is 17.2 Å². The van der Waals surface area contributed by atoms with Gasteiger partial charge in [-0.3, -0.25) is 9.59 Å². The predicted molar refractivity (Wildman–Crippen MR) is 106 cm³/mol. The van der Waals surface area contributed by atoms with Gasteiger partial charge in [0.05, 0.1) is 5.69 Å². The lowest BCUT2D eigenvalue weighted by molar-refractivity contribution is -0.146. The summed E-state index contributed by atoms with van der Waals surface area (Å²) in [5.74, 6) is 2.58. The van der Waals surface area contributed by atoms with Crippen LogP contribution in [0, 0.1) is 23.2 Å². The first kappa shape index (κ1) is 18.0. The maximum atomic E-state index is 12.9. The van der Waals surface area contributed by atoms with E-state index in [1.807, 2.05) is 24.3 Å². The van der Waals surface area contributed by atoms with Crippen molar-refractivity contribution >= 4 is 33.4 Å². The van der Waals surface area contributed by atoms with Gasteiger partial charge in [0.15, 0.2) is 0 Å². The molecule has 4 saturated carbocycles. The van der Waals surface area contributed by atoms with Crippen molar-refractivity contribution in [2.24, 2.45) is 23.2 Å². The molecule has 140 valence electrons. The highest BCUT2D eigenvalue weighted by Crippen LogP contribution is 2.60. The van der Waals surface area contributed by atoms with Crippen molar-refractivity contribution in [3.05, 3.63) is 28.7 Å². The Morgan fingerprint density at radius 3 is 2.27 bits per heavy atom. The topological polar surface area (TPSA) is 58.2 Å². The number of anilines is 1. The van der Waals surface area contributed by atoms with E-state index in [0.29, 0.717) is 19.4 Å². The fraction of sp³-hybridized carbons (Fsp3) is 0.619. The van der Waals surface area contributed by atoms with Crippen LogP contribution in [0.15, 0.2) is 28.7 Å². The van der Waals surface area contributed by atoms with E-state index in [4.69, 9.17) is 0 Å². The maximum absolute atomic E-state index is 12.9. The zero-order chi connectivity index (χ0) is 18.1. The number of benzene rings is 1. The molecule has 0 saturated heterocycles. The fourth-order valence-corrected chi connectivity index (χ4v) is 6.19. The molecular weight excluding hydrogens is 392 g/mol. The number of halogens is 1. The van der Waals surface area contributed by atoms with E-state index in [1.165, 1.54) is 19.3 Å². The Kier molecular flexibility index (Phi) is 5.09. The summed E-state index contributed by atoms with van der Waals surface area (Å²) in [5, 5.41) is 6.05. The number of nitrogens with one attached hydrogen (secondary N) is 2. The first-order valence-electron chi connectivity index (χ1n) is 9.87. The van der Waals surface area contributed by atoms with E-state index in [0.717, 1.165) is 47.2 Å². The monoisotopic (exact) mass is 418 g/mol. The van der Waals surface area contributed by atoms with Gasteiger partial charge in [-0.15, -0.1) is 0 Å². The summed E-state index contributed by atoms with van der Waals surface area (Å²) < 4.78 is 0.878. The second-order valence-electron chi connectivity index (χ2n) is 8.59. The lowest BCUT2D eigenvalue weighted by atomic mass is 9.49. The lowest BCUT2D eigenvalue weighted by Crippen LogP contribution is -2.53. The van der Waals surface area contributed by atoms with Gasteiger partial charge >= 0.3 is 0 Å². The average molecular weight is 419 g/mol. The number of amides is 2. The fourth-order valence-electron chi connectivity index (χ4n) is 5.80. The largest absolute Gasteiger partial charge is 0.356 e. The van der Waals surface area contributed by atoms with Gasteiger partial charge in [-0.25, -0.2) is 0 Å². The molecule has 4 aliphatic carbocycles. The summed E-state index contributed by atoms with van der Waals surface area (Å²) >= 11 is 3.43. The average Bonchev–Trinajstić information content (AvgIpc) is 2.59. The lowest BCUT2D eigenvalue weighted by Gasteiger charge is -2.55. The number of para-hydroxylation sites is 1. The van der Waals surface area contributed by atoms with Crippen LogP contribution in [0.5, 0.6) is 0 Å². The molecule has 1 aromatic carbocycles. The summed E-state index contributed by atoms with van der Waals surface area (Å²) in [4.78, 5) is 24.9. The quantitative estimate of drug-likeness (QED) is 0.667.